The first-order valence-electron chi connectivity index (χ1n) is 14.0. The van der Waals surface area contributed by atoms with E-state index in [2.05, 4.69) is 43.0 Å². The highest BCUT2D eigenvalue weighted by atomic mass is 32.2. The molecule has 3 rings (SSSR count). The summed E-state index contributed by atoms with van der Waals surface area (Å²) in [6, 6.07) is 28.1. The van der Waals surface area contributed by atoms with Crippen LogP contribution < -0.4 is 38.3 Å². The topological polar surface area (TPSA) is 286 Å². The van der Waals surface area contributed by atoms with Crippen molar-refractivity contribution in [2.75, 3.05) is 28.8 Å². The number of ether oxygens (including phenoxy) is 1. The second-order valence-electron chi connectivity index (χ2n) is 8.94. The Balaban J connectivity index is -0.000000250. The van der Waals surface area contributed by atoms with Crippen LogP contribution in [0.2, 0.25) is 0 Å². The third kappa shape index (κ3) is 61.9. The zero-order chi connectivity index (χ0) is 38.8. The average Bonchev–Trinajstić information content (AvgIpc) is 2.93. The van der Waals surface area contributed by atoms with Gasteiger partial charge in [0.15, 0.2) is 0 Å². The molecule has 49 heavy (non-hydrogen) atoms. The molecule has 0 aromatic heterocycles. The zero-order valence-corrected chi connectivity index (χ0v) is 29.6. The van der Waals surface area contributed by atoms with E-state index in [1.807, 2.05) is 91.0 Å². The molecule has 0 radical (unpaired) electrons. The largest absolute Gasteiger partial charge is 0.450 e. The van der Waals surface area contributed by atoms with Crippen LogP contribution in [0.1, 0.15) is 41.5 Å². The van der Waals surface area contributed by atoms with Crippen molar-refractivity contribution in [1.82, 2.24) is 0 Å². The van der Waals surface area contributed by atoms with Gasteiger partial charge < -0.3 is 37.9 Å². The summed E-state index contributed by atoms with van der Waals surface area (Å²) >= 11 is 0. The van der Waals surface area contributed by atoms with Crippen LogP contribution in [-0.4, -0.2) is 56.9 Å². The number of benzene rings is 3. The fourth-order valence-electron chi connectivity index (χ4n) is 2.32. The van der Waals surface area contributed by atoms with E-state index in [9.17, 15) is 37.2 Å². The van der Waals surface area contributed by atoms with Crippen molar-refractivity contribution in [2.45, 2.75) is 41.5 Å². The fraction of sp³-hybridized carbons (Fsp3) is 0.250. The van der Waals surface area contributed by atoms with E-state index < -0.39 is 16.1 Å². The second kappa shape index (κ2) is 32.1. The van der Waals surface area contributed by atoms with Gasteiger partial charge in [-0.2, -0.15) is 0 Å². The number of nitrogens with two attached hydrogens (primary N) is 4. The smallest absolute Gasteiger partial charge is 0.404 e. The molecule has 0 saturated carbocycles. The molecule has 0 spiro atoms. The average molecular weight is 708 g/mol. The number of sulfonamides is 1. The van der Waals surface area contributed by atoms with Crippen molar-refractivity contribution < 1.29 is 41.9 Å². The number of para-hydroxylation sites is 3. The highest BCUT2D eigenvalue weighted by Crippen LogP contribution is 2.05. The lowest BCUT2D eigenvalue weighted by Gasteiger charge is -1.98. The molecular weight excluding hydrogens is 658 g/mol. The Morgan fingerprint density at radius 1 is 0.551 bits per heavy atom. The number of hydrogen-bond donors (Lipinski definition) is 7. The molecule has 0 unspecified atom stereocenters. The van der Waals surface area contributed by atoms with Gasteiger partial charge in [0.25, 0.3) is 0 Å². The van der Waals surface area contributed by atoms with Gasteiger partial charge in [0, 0.05) is 51.7 Å². The Morgan fingerprint density at radius 2 is 0.735 bits per heavy atom. The van der Waals surface area contributed by atoms with Crippen LogP contribution >= 0.6 is 0 Å². The summed E-state index contributed by atoms with van der Waals surface area (Å²) in [5.41, 5.74) is 16.0. The first-order valence-corrected chi connectivity index (χ1v) is 16.0. The lowest BCUT2D eigenvalue weighted by molar-refractivity contribution is -0.116. The van der Waals surface area contributed by atoms with E-state index in [0.29, 0.717) is 6.61 Å². The van der Waals surface area contributed by atoms with E-state index in [-0.39, 0.29) is 29.5 Å². The SMILES string of the molecule is CC(=O)Nc1ccccc1.CC(=O)Nc1ccccc1.CC(=O)Nc1ccccc1.CC(N)=O.CC(N)=O.CCOC(N)=O.CS(N)(=O)=O. The predicted molar refractivity (Wildman–Crippen MR) is 192 cm³/mol. The highest BCUT2D eigenvalue weighted by Gasteiger charge is 1.92. The van der Waals surface area contributed by atoms with Gasteiger partial charge in [0.2, 0.25) is 39.6 Å². The number of anilines is 3. The molecule has 16 nitrogen and oxygen atoms in total. The Bertz CT molecular complexity index is 1310. The standard InChI is InChI=1S/3C8H9NO.C3H7NO2.2C2H5NO.CH5NO2S/c3*1-7(10)9-8-5-3-2-4-6-8;1-2-6-3(4)5;2*1-2(3)4;1-5(2,3)4/h3*2-6H,1H3,(H,9,10);2H2,1H3,(H2,4,5);2*1H3,(H2,3,4);1H3,(H2,2,3,4). The summed E-state index contributed by atoms with van der Waals surface area (Å²) in [5.74, 6) is -0.774. The molecule has 3 aromatic carbocycles. The number of primary sulfonamides is 1. The molecule has 3 aromatic rings. The number of hydrogen-bond acceptors (Lipinski definition) is 9. The Morgan fingerprint density at radius 3 is 0.837 bits per heavy atom. The van der Waals surface area contributed by atoms with Crippen LogP contribution in [0.25, 0.3) is 0 Å². The normalized spacial score (nSPS) is 8.57. The van der Waals surface area contributed by atoms with Gasteiger partial charge in [-0.25, -0.2) is 18.4 Å². The molecule has 0 aliphatic carbocycles. The summed E-state index contributed by atoms with van der Waals surface area (Å²) in [4.78, 5) is 59.5. The molecule has 0 atom stereocenters. The molecule has 0 saturated heterocycles. The third-order valence-corrected chi connectivity index (χ3v) is 3.57. The number of nitrogens with one attached hydrogen (secondary N) is 3. The summed E-state index contributed by atoms with van der Waals surface area (Å²) in [6.45, 7) is 9.15. The number of primary amides is 3. The van der Waals surface area contributed by atoms with Crippen molar-refractivity contribution >= 4 is 62.7 Å². The Kier molecular flexibility index (Phi) is 32.8. The lowest BCUT2D eigenvalue weighted by atomic mass is 10.3. The third-order valence-electron chi connectivity index (χ3n) is 3.57. The summed E-state index contributed by atoms with van der Waals surface area (Å²) in [5, 5.41) is 12.3. The van der Waals surface area contributed by atoms with E-state index in [1.54, 1.807) is 6.92 Å². The van der Waals surface area contributed by atoms with Gasteiger partial charge in [-0.05, 0) is 43.3 Å². The Labute approximate surface area is 288 Å². The van der Waals surface area contributed by atoms with E-state index in [4.69, 9.17) is 0 Å². The minimum absolute atomic E-state index is 0.0359. The maximum absolute atomic E-state index is 10.5. The Hall–Kier alpha value is -5.81. The number of carbonyl (C=O) groups is 6. The maximum atomic E-state index is 10.5. The van der Waals surface area contributed by atoms with Gasteiger partial charge in [0.1, 0.15) is 0 Å². The van der Waals surface area contributed by atoms with Crippen LogP contribution in [0.15, 0.2) is 91.0 Å². The monoisotopic (exact) mass is 707 g/mol. The van der Waals surface area contributed by atoms with Crippen molar-refractivity contribution in [3.63, 3.8) is 0 Å². The van der Waals surface area contributed by atoms with E-state index >= 15 is 0 Å². The molecule has 0 aliphatic heterocycles. The molecule has 17 heteroatoms. The number of amides is 6. The molecule has 0 fully saturated rings. The molecular formula is C32H49N7O9S. The van der Waals surface area contributed by atoms with Crippen molar-refractivity contribution in [3.8, 4) is 0 Å². The van der Waals surface area contributed by atoms with Gasteiger partial charge in [-0.15, -0.1) is 0 Å². The van der Waals surface area contributed by atoms with Crippen LogP contribution in [-0.2, 0) is 38.7 Å². The highest BCUT2D eigenvalue weighted by molar-refractivity contribution is 7.88. The minimum atomic E-state index is -3.17. The lowest BCUT2D eigenvalue weighted by Crippen LogP contribution is -2.11. The van der Waals surface area contributed by atoms with Gasteiger partial charge >= 0.3 is 6.09 Å². The van der Waals surface area contributed by atoms with Crippen molar-refractivity contribution in [2.24, 2.45) is 22.3 Å². The molecule has 0 heterocycles. The quantitative estimate of drug-likeness (QED) is 0.209. The predicted octanol–water partition coefficient (Wildman–Crippen LogP) is 2.92. The maximum Gasteiger partial charge on any atom is 0.404 e. The van der Waals surface area contributed by atoms with E-state index in [0.717, 1.165) is 23.3 Å². The van der Waals surface area contributed by atoms with Crippen molar-refractivity contribution in [3.05, 3.63) is 91.0 Å². The second-order valence-corrected chi connectivity index (χ2v) is 10.6. The first-order chi connectivity index (χ1) is 22.6. The minimum Gasteiger partial charge on any atom is -0.450 e. The van der Waals surface area contributed by atoms with Gasteiger partial charge in [0.05, 0.1) is 12.9 Å². The fourth-order valence-corrected chi connectivity index (χ4v) is 2.32. The molecule has 0 aliphatic rings. The first kappa shape index (κ1) is 50.1. The molecule has 11 N–H and O–H groups in total. The summed E-state index contributed by atoms with van der Waals surface area (Å²) < 4.78 is 23.0. The van der Waals surface area contributed by atoms with Crippen LogP contribution in [0.4, 0.5) is 21.9 Å². The number of carbonyl (C=O) groups excluding carboxylic acids is 6. The van der Waals surface area contributed by atoms with Crippen LogP contribution in [0, 0.1) is 0 Å². The van der Waals surface area contributed by atoms with Crippen LogP contribution in [0.5, 0.6) is 0 Å². The van der Waals surface area contributed by atoms with Crippen molar-refractivity contribution in [1.29, 1.82) is 0 Å². The zero-order valence-electron chi connectivity index (χ0n) is 28.8. The van der Waals surface area contributed by atoms with E-state index in [1.165, 1.54) is 34.6 Å². The van der Waals surface area contributed by atoms with Crippen LogP contribution in [0.3, 0.4) is 0 Å². The molecule has 6 amide bonds. The van der Waals surface area contributed by atoms with Gasteiger partial charge in [-0.3, -0.25) is 24.0 Å². The van der Waals surface area contributed by atoms with Gasteiger partial charge in [-0.1, -0.05) is 54.6 Å². The summed E-state index contributed by atoms with van der Waals surface area (Å²) in [7, 11) is -3.17. The number of rotatable bonds is 4. The molecule has 272 valence electrons. The summed E-state index contributed by atoms with van der Waals surface area (Å²) in [6.07, 6.45) is 0.227. The molecule has 0 bridgehead atoms.